The van der Waals surface area contributed by atoms with Crippen LogP contribution >= 0.6 is 0 Å². The van der Waals surface area contributed by atoms with E-state index in [0.717, 1.165) is 44.9 Å². The van der Waals surface area contributed by atoms with Crippen molar-refractivity contribution in [2.45, 2.75) is 143 Å². The van der Waals surface area contributed by atoms with Crippen LogP contribution in [0.5, 0.6) is 0 Å². The van der Waals surface area contributed by atoms with E-state index >= 15 is 0 Å². The van der Waals surface area contributed by atoms with Gasteiger partial charge in [-0.15, -0.1) is 0 Å². The van der Waals surface area contributed by atoms with E-state index in [2.05, 4.69) is 54.5 Å². The molecule has 8 heteroatoms. The van der Waals surface area contributed by atoms with E-state index in [1.165, 1.54) is 5.57 Å². The van der Waals surface area contributed by atoms with Crippen LogP contribution < -0.4 is 0 Å². The fraction of sp³-hybridized carbons (Fsp3) is 0.914. The SMILES string of the molecule is CC1(C)CC[C@]2(C(=O)O)CC[C@]3(C)C(=CC[C@@H]4[C@@]5(C)CC[C@H](O[C@@H]6OC[C@H](O)[C@H](O)[C@H]6O)C(C)(C)[C@H]5CC[C@]43C)[C@@H]2[C@@H]1O. The molecule has 4 saturated carbocycles. The molecule has 6 rings (SSSR count). The van der Waals surface area contributed by atoms with Crippen molar-refractivity contribution < 1.29 is 39.8 Å². The highest BCUT2D eigenvalue weighted by Gasteiger charge is 2.70. The summed E-state index contributed by atoms with van der Waals surface area (Å²) in [6, 6.07) is 0. The van der Waals surface area contributed by atoms with Gasteiger partial charge in [0, 0.05) is 5.92 Å². The highest BCUT2D eigenvalue weighted by molar-refractivity contribution is 5.77. The van der Waals surface area contributed by atoms with Crippen molar-refractivity contribution in [1.82, 2.24) is 0 Å². The van der Waals surface area contributed by atoms with Gasteiger partial charge in [-0.1, -0.05) is 60.1 Å². The maximum Gasteiger partial charge on any atom is 0.310 e. The summed E-state index contributed by atoms with van der Waals surface area (Å²) in [5.41, 5.74) is -0.388. The van der Waals surface area contributed by atoms with E-state index in [0.29, 0.717) is 24.7 Å². The summed E-state index contributed by atoms with van der Waals surface area (Å²) in [6.45, 7) is 16.0. The number of rotatable bonds is 3. The summed E-state index contributed by atoms with van der Waals surface area (Å²) in [5.74, 6) is -0.320. The topological polar surface area (TPSA) is 137 Å². The summed E-state index contributed by atoms with van der Waals surface area (Å²) in [6.07, 6.45) is 4.37. The van der Waals surface area contributed by atoms with E-state index in [4.69, 9.17) is 9.47 Å². The van der Waals surface area contributed by atoms with E-state index < -0.39 is 42.1 Å². The molecule has 5 aliphatic carbocycles. The fourth-order valence-corrected chi connectivity index (χ4v) is 11.9. The maximum absolute atomic E-state index is 12.9. The first-order valence-electron chi connectivity index (χ1n) is 16.8. The molecule has 0 spiro atoms. The lowest BCUT2D eigenvalue weighted by molar-refractivity contribution is -0.308. The number of hydrogen-bond acceptors (Lipinski definition) is 7. The van der Waals surface area contributed by atoms with E-state index in [1.54, 1.807) is 0 Å². The van der Waals surface area contributed by atoms with Crippen LogP contribution in [-0.4, -0.2) is 74.9 Å². The molecule has 13 atom stereocenters. The zero-order valence-corrected chi connectivity index (χ0v) is 27.3. The molecule has 244 valence electrons. The number of aliphatic carboxylic acids is 1. The molecule has 0 radical (unpaired) electrons. The third kappa shape index (κ3) is 4.18. The normalized spacial score (nSPS) is 53.8. The molecular weight excluding hydrogens is 548 g/mol. The Balaban J connectivity index is 1.32. The maximum atomic E-state index is 12.9. The number of carboxylic acids is 1. The van der Waals surface area contributed by atoms with Gasteiger partial charge in [0.05, 0.1) is 24.2 Å². The van der Waals surface area contributed by atoms with Gasteiger partial charge in [-0.3, -0.25) is 4.79 Å². The first-order valence-corrected chi connectivity index (χ1v) is 16.8. The fourth-order valence-electron chi connectivity index (χ4n) is 11.9. The first-order chi connectivity index (χ1) is 19.9. The van der Waals surface area contributed by atoms with Crippen molar-refractivity contribution in [1.29, 1.82) is 0 Å². The number of carboxylic acid groups (broad SMARTS) is 1. The van der Waals surface area contributed by atoms with Crippen molar-refractivity contribution in [3.8, 4) is 0 Å². The molecule has 5 N–H and O–H groups in total. The van der Waals surface area contributed by atoms with Crippen LogP contribution in [-0.2, 0) is 14.3 Å². The van der Waals surface area contributed by atoms with Gasteiger partial charge in [0.2, 0.25) is 0 Å². The average molecular weight is 605 g/mol. The summed E-state index contributed by atoms with van der Waals surface area (Å²) in [5, 5.41) is 53.2. The molecule has 0 amide bonds. The van der Waals surface area contributed by atoms with Crippen molar-refractivity contribution in [2.24, 2.45) is 50.2 Å². The van der Waals surface area contributed by atoms with Gasteiger partial charge in [-0.25, -0.2) is 0 Å². The Labute approximate surface area is 257 Å². The largest absolute Gasteiger partial charge is 0.481 e. The number of ether oxygens (including phenoxy) is 2. The standard InChI is InChI=1S/C35H56O8/c1-30(2)14-16-35(29(40)41)17-15-33(6)19(24(35)27(30)39)8-9-22-32(5)12-11-23(31(3,4)21(32)10-13-34(22,33)7)43-28-26(38)25(37)20(36)18-42-28/h8,20-28,36-39H,9-18H2,1-7H3,(H,40,41)/t20-,21+,22+,23-,24+,25-,26+,27-,28-,32-,33+,34+,35-/m0/s1. The van der Waals surface area contributed by atoms with Crippen molar-refractivity contribution in [3.05, 3.63) is 11.6 Å². The van der Waals surface area contributed by atoms with Gasteiger partial charge in [-0.05, 0) is 96.7 Å². The van der Waals surface area contributed by atoms with Gasteiger partial charge < -0.3 is 35.0 Å². The Morgan fingerprint density at radius 2 is 1.53 bits per heavy atom. The number of allylic oxidation sites excluding steroid dienone is 1. The van der Waals surface area contributed by atoms with Crippen LogP contribution in [0.4, 0.5) is 0 Å². The Bertz CT molecular complexity index is 1160. The lowest BCUT2D eigenvalue weighted by atomic mass is 9.33. The first kappa shape index (κ1) is 31.9. The smallest absolute Gasteiger partial charge is 0.310 e. The zero-order valence-electron chi connectivity index (χ0n) is 27.3. The van der Waals surface area contributed by atoms with Gasteiger partial charge in [0.1, 0.15) is 18.3 Å². The summed E-state index contributed by atoms with van der Waals surface area (Å²) < 4.78 is 12.1. The second-order valence-electron chi connectivity index (χ2n) is 17.4. The molecule has 0 unspecified atom stereocenters. The van der Waals surface area contributed by atoms with Crippen LogP contribution in [0.2, 0.25) is 0 Å². The molecule has 0 bridgehead atoms. The van der Waals surface area contributed by atoms with Crippen molar-refractivity contribution in [3.63, 3.8) is 0 Å². The van der Waals surface area contributed by atoms with Gasteiger partial charge in [-0.2, -0.15) is 0 Å². The van der Waals surface area contributed by atoms with Crippen LogP contribution in [0, 0.1) is 50.2 Å². The van der Waals surface area contributed by atoms with Crippen molar-refractivity contribution in [2.75, 3.05) is 6.61 Å². The Morgan fingerprint density at radius 1 is 0.860 bits per heavy atom. The summed E-state index contributed by atoms with van der Waals surface area (Å²) in [4.78, 5) is 12.9. The number of carbonyl (C=O) groups is 1. The quantitative estimate of drug-likeness (QED) is 0.232. The molecular formula is C35H56O8. The molecule has 0 aromatic heterocycles. The minimum atomic E-state index is -1.30. The summed E-state index contributed by atoms with van der Waals surface area (Å²) >= 11 is 0. The van der Waals surface area contributed by atoms with E-state index in [1.807, 2.05) is 0 Å². The molecule has 1 aliphatic heterocycles. The molecule has 8 nitrogen and oxygen atoms in total. The Hall–Kier alpha value is -1.03. The lowest BCUT2D eigenvalue weighted by Gasteiger charge is -2.71. The number of aliphatic hydroxyl groups excluding tert-OH is 4. The lowest BCUT2D eigenvalue weighted by Crippen LogP contribution is -2.67. The Morgan fingerprint density at radius 3 is 2.21 bits per heavy atom. The molecule has 0 aromatic carbocycles. The number of aliphatic hydroxyl groups is 4. The predicted molar refractivity (Wildman–Crippen MR) is 161 cm³/mol. The minimum absolute atomic E-state index is 0.0268. The molecule has 6 aliphatic rings. The van der Waals surface area contributed by atoms with Crippen LogP contribution in [0.25, 0.3) is 0 Å². The highest BCUT2D eigenvalue weighted by Crippen LogP contribution is 2.76. The second-order valence-corrected chi connectivity index (χ2v) is 17.4. The van der Waals surface area contributed by atoms with E-state index in [9.17, 15) is 30.3 Å². The molecule has 43 heavy (non-hydrogen) atoms. The second kappa shape index (κ2) is 9.98. The average Bonchev–Trinajstić information content (AvgIpc) is 2.92. The van der Waals surface area contributed by atoms with Crippen LogP contribution in [0.15, 0.2) is 11.6 Å². The number of fused-ring (bicyclic) bond motifs is 7. The Kier molecular flexibility index (Phi) is 7.41. The number of hydrogen-bond donors (Lipinski definition) is 5. The molecule has 1 saturated heterocycles. The van der Waals surface area contributed by atoms with Crippen LogP contribution in [0.1, 0.15) is 106 Å². The third-order valence-electron chi connectivity index (χ3n) is 15.0. The monoisotopic (exact) mass is 604 g/mol. The summed E-state index contributed by atoms with van der Waals surface area (Å²) in [7, 11) is 0. The molecule has 0 aromatic rings. The molecule has 1 heterocycles. The highest BCUT2D eigenvalue weighted by atomic mass is 16.7. The predicted octanol–water partition coefficient (Wildman–Crippen LogP) is 4.67. The van der Waals surface area contributed by atoms with Crippen molar-refractivity contribution >= 4 is 5.97 Å². The third-order valence-corrected chi connectivity index (χ3v) is 15.0. The van der Waals surface area contributed by atoms with Gasteiger partial charge in [0.25, 0.3) is 0 Å². The zero-order chi connectivity index (χ0) is 31.5. The van der Waals surface area contributed by atoms with Gasteiger partial charge >= 0.3 is 5.97 Å². The van der Waals surface area contributed by atoms with Crippen LogP contribution in [0.3, 0.4) is 0 Å². The van der Waals surface area contributed by atoms with Gasteiger partial charge in [0.15, 0.2) is 6.29 Å². The molecule has 5 fully saturated rings. The van der Waals surface area contributed by atoms with E-state index in [-0.39, 0.29) is 45.7 Å². The minimum Gasteiger partial charge on any atom is -0.481 e.